The van der Waals surface area contributed by atoms with Gasteiger partial charge in [-0.05, 0) is 37.1 Å². The van der Waals surface area contributed by atoms with Crippen LogP contribution in [0.2, 0.25) is 0 Å². The van der Waals surface area contributed by atoms with Gasteiger partial charge in [0.1, 0.15) is 5.82 Å². The second-order valence-corrected chi connectivity index (χ2v) is 5.30. The molecular formula is C15H25FN2. The Labute approximate surface area is 110 Å². The Morgan fingerprint density at radius 2 is 1.72 bits per heavy atom. The summed E-state index contributed by atoms with van der Waals surface area (Å²) in [5.41, 5.74) is 7.27. The maximum atomic E-state index is 12.9. The largest absolute Gasteiger partial charge is 0.323 e. The Bertz CT molecular complexity index is 348. The quantitative estimate of drug-likeness (QED) is 0.842. The highest BCUT2D eigenvalue weighted by atomic mass is 19.1. The average Bonchev–Trinajstić information content (AvgIpc) is 2.35. The van der Waals surface area contributed by atoms with Crippen molar-refractivity contribution < 1.29 is 4.39 Å². The van der Waals surface area contributed by atoms with Gasteiger partial charge in [0.2, 0.25) is 0 Å². The van der Waals surface area contributed by atoms with E-state index in [1.807, 2.05) is 0 Å². The van der Waals surface area contributed by atoms with Crippen LogP contribution < -0.4 is 5.73 Å². The van der Waals surface area contributed by atoms with Crippen LogP contribution in [0.5, 0.6) is 0 Å². The molecule has 18 heavy (non-hydrogen) atoms. The average molecular weight is 252 g/mol. The molecule has 0 bridgehead atoms. The van der Waals surface area contributed by atoms with Gasteiger partial charge >= 0.3 is 0 Å². The summed E-state index contributed by atoms with van der Waals surface area (Å²) < 4.78 is 12.9. The van der Waals surface area contributed by atoms with Gasteiger partial charge in [-0.15, -0.1) is 0 Å². The lowest BCUT2D eigenvalue weighted by molar-refractivity contribution is 0.173. The van der Waals surface area contributed by atoms with Gasteiger partial charge in [-0.1, -0.05) is 32.9 Å². The second-order valence-electron chi connectivity index (χ2n) is 5.30. The van der Waals surface area contributed by atoms with E-state index in [1.165, 1.54) is 12.1 Å². The molecule has 1 rings (SSSR count). The fourth-order valence-corrected chi connectivity index (χ4v) is 2.24. The van der Waals surface area contributed by atoms with Crippen LogP contribution in [0.1, 0.15) is 39.3 Å². The normalized spacial score (nSPS) is 15.1. The van der Waals surface area contributed by atoms with Crippen LogP contribution in [0.25, 0.3) is 0 Å². The first kappa shape index (κ1) is 15.1. The molecular weight excluding hydrogens is 227 g/mol. The van der Waals surface area contributed by atoms with Gasteiger partial charge in [0.15, 0.2) is 0 Å². The Morgan fingerprint density at radius 1 is 1.17 bits per heavy atom. The first-order chi connectivity index (χ1) is 8.45. The summed E-state index contributed by atoms with van der Waals surface area (Å²) in [6, 6.07) is 6.67. The molecule has 0 aliphatic carbocycles. The van der Waals surface area contributed by atoms with E-state index in [-0.39, 0.29) is 17.9 Å². The molecule has 0 saturated carbocycles. The van der Waals surface area contributed by atoms with Gasteiger partial charge in [0.25, 0.3) is 0 Å². The molecule has 0 heterocycles. The van der Waals surface area contributed by atoms with Gasteiger partial charge in [-0.2, -0.15) is 0 Å². The Hall–Kier alpha value is -0.930. The monoisotopic (exact) mass is 252 g/mol. The van der Waals surface area contributed by atoms with Crippen molar-refractivity contribution >= 4 is 0 Å². The number of nitrogens with two attached hydrogens (primary N) is 1. The maximum Gasteiger partial charge on any atom is 0.123 e. The van der Waals surface area contributed by atoms with Crippen molar-refractivity contribution in [2.45, 2.75) is 39.8 Å². The van der Waals surface area contributed by atoms with Crippen LogP contribution >= 0.6 is 0 Å². The number of benzene rings is 1. The number of halogens is 1. The van der Waals surface area contributed by atoms with E-state index in [2.05, 4.69) is 32.6 Å². The van der Waals surface area contributed by atoms with Gasteiger partial charge in [-0.3, -0.25) is 4.90 Å². The third-order valence-electron chi connectivity index (χ3n) is 3.36. The minimum absolute atomic E-state index is 0.0794. The van der Waals surface area contributed by atoms with Crippen LogP contribution in [0, 0.1) is 11.7 Å². The fraction of sp³-hybridized carbons (Fsp3) is 0.600. The molecule has 0 spiro atoms. The molecule has 0 radical (unpaired) electrons. The fourth-order valence-electron chi connectivity index (χ4n) is 2.24. The lowest BCUT2D eigenvalue weighted by Gasteiger charge is -2.33. The SMILES string of the molecule is CCN(CC(C)C)C(C)C(N)c1ccc(F)cc1. The van der Waals surface area contributed by atoms with E-state index in [9.17, 15) is 4.39 Å². The summed E-state index contributed by atoms with van der Waals surface area (Å²) in [6.45, 7) is 10.7. The summed E-state index contributed by atoms with van der Waals surface area (Å²) in [6.07, 6.45) is 0. The van der Waals surface area contributed by atoms with Crippen molar-refractivity contribution in [3.63, 3.8) is 0 Å². The van der Waals surface area contributed by atoms with Crippen LogP contribution in [-0.4, -0.2) is 24.0 Å². The number of rotatable bonds is 6. The van der Waals surface area contributed by atoms with Gasteiger partial charge in [-0.25, -0.2) is 4.39 Å². The minimum Gasteiger partial charge on any atom is -0.323 e. The molecule has 2 atom stereocenters. The Balaban J connectivity index is 2.75. The van der Waals surface area contributed by atoms with Crippen LogP contribution in [0.4, 0.5) is 4.39 Å². The smallest absolute Gasteiger partial charge is 0.123 e. The molecule has 3 heteroatoms. The van der Waals surface area contributed by atoms with Gasteiger partial charge in [0.05, 0.1) is 0 Å². The molecule has 1 aromatic rings. The molecule has 2 unspecified atom stereocenters. The van der Waals surface area contributed by atoms with Crippen molar-refractivity contribution in [2.75, 3.05) is 13.1 Å². The molecule has 102 valence electrons. The highest BCUT2D eigenvalue weighted by molar-refractivity contribution is 5.20. The van der Waals surface area contributed by atoms with Crippen LogP contribution in [0.15, 0.2) is 24.3 Å². The first-order valence-electron chi connectivity index (χ1n) is 6.70. The summed E-state index contributed by atoms with van der Waals surface area (Å²) >= 11 is 0. The maximum absolute atomic E-state index is 12.9. The van der Waals surface area contributed by atoms with E-state index in [1.54, 1.807) is 12.1 Å². The molecule has 0 aliphatic rings. The zero-order valence-corrected chi connectivity index (χ0v) is 11.9. The third-order valence-corrected chi connectivity index (χ3v) is 3.36. The summed E-state index contributed by atoms with van der Waals surface area (Å²) in [5, 5.41) is 0. The topological polar surface area (TPSA) is 29.3 Å². The molecule has 0 saturated heterocycles. The molecule has 0 aliphatic heterocycles. The van der Waals surface area contributed by atoms with Crippen molar-refractivity contribution in [3.8, 4) is 0 Å². The molecule has 2 N–H and O–H groups in total. The van der Waals surface area contributed by atoms with Gasteiger partial charge < -0.3 is 5.73 Å². The van der Waals surface area contributed by atoms with Crippen LogP contribution in [0.3, 0.4) is 0 Å². The number of nitrogens with zero attached hydrogens (tertiary/aromatic N) is 1. The second kappa shape index (κ2) is 6.86. The van der Waals surface area contributed by atoms with E-state index in [0.717, 1.165) is 18.7 Å². The number of likely N-dealkylation sites (N-methyl/N-ethyl adjacent to an activating group) is 1. The van der Waals surface area contributed by atoms with E-state index in [0.29, 0.717) is 5.92 Å². The summed E-state index contributed by atoms with van der Waals surface area (Å²) in [4.78, 5) is 2.37. The summed E-state index contributed by atoms with van der Waals surface area (Å²) in [7, 11) is 0. The molecule has 0 amide bonds. The predicted octanol–water partition coefficient (Wildman–Crippen LogP) is 3.19. The zero-order valence-electron chi connectivity index (χ0n) is 11.9. The van der Waals surface area contributed by atoms with E-state index < -0.39 is 0 Å². The standard InChI is InChI=1S/C15H25FN2/c1-5-18(10-11(2)3)12(4)15(17)13-6-8-14(16)9-7-13/h6-9,11-12,15H,5,10,17H2,1-4H3. The van der Waals surface area contributed by atoms with Gasteiger partial charge in [0, 0.05) is 18.6 Å². The van der Waals surface area contributed by atoms with Crippen molar-refractivity contribution in [1.29, 1.82) is 0 Å². The summed E-state index contributed by atoms with van der Waals surface area (Å²) in [5.74, 6) is 0.404. The first-order valence-corrected chi connectivity index (χ1v) is 6.70. The number of hydrogen-bond acceptors (Lipinski definition) is 2. The van der Waals surface area contributed by atoms with Crippen LogP contribution in [-0.2, 0) is 0 Å². The molecule has 0 fully saturated rings. The minimum atomic E-state index is -0.215. The Kier molecular flexibility index (Phi) is 5.76. The molecule has 0 aromatic heterocycles. The van der Waals surface area contributed by atoms with Crippen molar-refractivity contribution in [2.24, 2.45) is 11.7 Å². The predicted molar refractivity (Wildman–Crippen MR) is 74.9 cm³/mol. The van der Waals surface area contributed by atoms with E-state index in [4.69, 9.17) is 5.73 Å². The molecule has 1 aromatic carbocycles. The molecule has 2 nitrogen and oxygen atoms in total. The highest BCUT2D eigenvalue weighted by Gasteiger charge is 2.21. The number of hydrogen-bond donors (Lipinski definition) is 1. The highest BCUT2D eigenvalue weighted by Crippen LogP contribution is 2.19. The lowest BCUT2D eigenvalue weighted by Crippen LogP contribution is -2.42. The zero-order chi connectivity index (χ0) is 13.7. The lowest BCUT2D eigenvalue weighted by atomic mass is 9.99. The Morgan fingerprint density at radius 3 is 2.17 bits per heavy atom. The van der Waals surface area contributed by atoms with Crippen molar-refractivity contribution in [1.82, 2.24) is 4.90 Å². The van der Waals surface area contributed by atoms with Crippen molar-refractivity contribution in [3.05, 3.63) is 35.6 Å². The van der Waals surface area contributed by atoms with E-state index >= 15 is 0 Å². The third kappa shape index (κ3) is 4.07.